The number of aromatic nitrogens is 1. The zero-order chi connectivity index (χ0) is 17.5. The second kappa shape index (κ2) is 14.2. The van der Waals surface area contributed by atoms with Gasteiger partial charge in [0.05, 0.1) is 5.01 Å². The highest BCUT2D eigenvalue weighted by atomic mass is 32.1. The minimum absolute atomic E-state index is 0.802. The Morgan fingerprint density at radius 1 is 1.17 bits per heavy atom. The first-order valence-electron chi connectivity index (χ1n) is 9.27. The number of unbranched alkanes of at least 4 members (excludes halogenated alkanes) is 2. The standard InChI is InChI=1S/C18H34N4OS/c1-4-6-13-23-14-9-12-21-18(19-5-2)20-11-8-7-10-17-22-16(3)15-24-17/h15H,4-14H2,1-3H3,(H2,19,20,21). The monoisotopic (exact) mass is 354 g/mol. The molecule has 1 aromatic heterocycles. The molecule has 0 radical (unpaired) electrons. The van der Waals surface area contributed by atoms with Crippen LogP contribution in [0.1, 0.15) is 56.7 Å². The second-order valence-corrected chi connectivity index (χ2v) is 6.79. The minimum Gasteiger partial charge on any atom is -0.381 e. The molecule has 0 amide bonds. The molecule has 1 rings (SSSR count). The van der Waals surface area contributed by atoms with Crippen molar-refractivity contribution in [1.29, 1.82) is 0 Å². The highest BCUT2D eigenvalue weighted by Gasteiger charge is 2.00. The van der Waals surface area contributed by atoms with E-state index in [1.54, 1.807) is 11.3 Å². The van der Waals surface area contributed by atoms with Crippen LogP contribution in [0.25, 0.3) is 0 Å². The summed E-state index contributed by atoms with van der Waals surface area (Å²) in [7, 11) is 0. The summed E-state index contributed by atoms with van der Waals surface area (Å²) in [6.45, 7) is 10.6. The zero-order valence-corrected chi connectivity index (χ0v) is 16.4. The van der Waals surface area contributed by atoms with Crippen molar-refractivity contribution in [2.45, 2.75) is 59.3 Å². The summed E-state index contributed by atoms with van der Waals surface area (Å²) in [6.07, 6.45) is 6.67. The Morgan fingerprint density at radius 3 is 2.71 bits per heavy atom. The molecule has 0 saturated carbocycles. The molecule has 1 heterocycles. The molecule has 0 aliphatic heterocycles. The topological polar surface area (TPSA) is 58.5 Å². The van der Waals surface area contributed by atoms with Crippen LogP contribution in [-0.2, 0) is 11.2 Å². The van der Waals surface area contributed by atoms with Crippen LogP contribution in [0.3, 0.4) is 0 Å². The predicted octanol–water partition coefficient (Wildman–Crippen LogP) is 3.54. The van der Waals surface area contributed by atoms with Gasteiger partial charge in [-0.05, 0) is 46.0 Å². The highest BCUT2D eigenvalue weighted by molar-refractivity contribution is 7.09. The van der Waals surface area contributed by atoms with Gasteiger partial charge < -0.3 is 15.4 Å². The molecule has 0 fully saturated rings. The molecule has 2 N–H and O–H groups in total. The van der Waals surface area contributed by atoms with Crippen molar-refractivity contribution in [2.24, 2.45) is 4.99 Å². The van der Waals surface area contributed by atoms with Crippen molar-refractivity contribution in [3.05, 3.63) is 16.1 Å². The van der Waals surface area contributed by atoms with E-state index in [0.717, 1.165) is 76.6 Å². The fourth-order valence-corrected chi connectivity index (χ4v) is 2.99. The van der Waals surface area contributed by atoms with Crippen molar-refractivity contribution in [3.8, 4) is 0 Å². The number of aliphatic imine (C=N–C) groups is 1. The summed E-state index contributed by atoms with van der Waals surface area (Å²) in [5.74, 6) is 0.913. The number of guanidine groups is 1. The Labute approximate surface area is 151 Å². The van der Waals surface area contributed by atoms with E-state index in [-0.39, 0.29) is 0 Å². The lowest BCUT2D eigenvalue weighted by molar-refractivity contribution is 0.130. The van der Waals surface area contributed by atoms with Gasteiger partial charge in [0.2, 0.25) is 0 Å². The number of hydrogen-bond donors (Lipinski definition) is 2. The van der Waals surface area contributed by atoms with E-state index in [1.807, 2.05) is 0 Å². The van der Waals surface area contributed by atoms with Gasteiger partial charge in [0.1, 0.15) is 0 Å². The SMILES string of the molecule is CCCCOCCCN=C(NCC)NCCCCc1nc(C)cs1. The van der Waals surface area contributed by atoms with Gasteiger partial charge in [0.15, 0.2) is 5.96 Å². The Hall–Kier alpha value is -1.14. The first-order chi connectivity index (χ1) is 11.8. The summed E-state index contributed by atoms with van der Waals surface area (Å²) >= 11 is 1.76. The largest absolute Gasteiger partial charge is 0.381 e. The number of ether oxygens (including phenoxy) is 1. The fraction of sp³-hybridized carbons (Fsp3) is 0.778. The molecule has 0 saturated heterocycles. The summed E-state index contributed by atoms with van der Waals surface area (Å²) in [4.78, 5) is 9.09. The van der Waals surface area contributed by atoms with Crippen molar-refractivity contribution >= 4 is 17.3 Å². The maximum atomic E-state index is 5.56. The molecule has 0 aliphatic carbocycles. The molecule has 138 valence electrons. The van der Waals surface area contributed by atoms with Gasteiger partial charge >= 0.3 is 0 Å². The lowest BCUT2D eigenvalue weighted by Crippen LogP contribution is -2.37. The van der Waals surface area contributed by atoms with Gasteiger partial charge in [0, 0.05) is 43.9 Å². The van der Waals surface area contributed by atoms with E-state index in [1.165, 1.54) is 11.4 Å². The van der Waals surface area contributed by atoms with Gasteiger partial charge in [-0.15, -0.1) is 11.3 Å². The smallest absolute Gasteiger partial charge is 0.191 e. The Balaban J connectivity index is 2.09. The molecule has 0 unspecified atom stereocenters. The maximum absolute atomic E-state index is 5.56. The number of nitrogens with zero attached hydrogens (tertiary/aromatic N) is 2. The quantitative estimate of drug-likeness (QED) is 0.323. The van der Waals surface area contributed by atoms with E-state index in [0.29, 0.717) is 0 Å². The summed E-state index contributed by atoms with van der Waals surface area (Å²) in [6, 6.07) is 0. The Kier molecular flexibility index (Phi) is 12.4. The molecule has 0 aromatic carbocycles. The van der Waals surface area contributed by atoms with Gasteiger partial charge in [-0.25, -0.2) is 4.98 Å². The minimum atomic E-state index is 0.802. The Bertz CT molecular complexity index is 448. The van der Waals surface area contributed by atoms with Gasteiger partial charge in [-0.3, -0.25) is 4.99 Å². The van der Waals surface area contributed by atoms with E-state index in [9.17, 15) is 0 Å². The molecule has 0 atom stereocenters. The maximum Gasteiger partial charge on any atom is 0.191 e. The molecular formula is C18H34N4OS. The number of nitrogens with one attached hydrogen (secondary N) is 2. The predicted molar refractivity (Wildman–Crippen MR) is 104 cm³/mol. The molecule has 0 aliphatic rings. The third-order valence-electron chi connectivity index (χ3n) is 3.48. The number of hydrogen-bond acceptors (Lipinski definition) is 4. The lowest BCUT2D eigenvalue weighted by Gasteiger charge is -2.11. The van der Waals surface area contributed by atoms with Crippen molar-refractivity contribution in [2.75, 3.05) is 32.8 Å². The van der Waals surface area contributed by atoms with Crippen LogP contribution in [0.5, 0.6) is 0 Å². The number of thiazole rings is 1. The van der Waals surface area contributed by atoms with Crippen LogP contribution in [-0.4, -0.2) is 43.8 Å². The van der Waals surface area contributed by atoms with Crippen LogP contribution < -0.4 is 10.6 Å². The molecule has 6 heteroatoms. The lowest BCUT2D eigenvalue weighted by atomic mass is 10.2. The van der Waals surface area contributed by atoms with Crippen LogP contribution in [0.2, 0.25) is 0 Å². The van der Waals surface area contributed by atoms with Gasteiger partial charge in [-0.1, -0.05) is 13.3 Å². The highest BCUT2D eigenvalue weighted by Crippen LogP contribution is 2.11. The van der Waals surface area contributed by atoms with Crippen LogP contribution in [0.4, 0.5) is 0 Å². The second-order valence-electron chi connectivity index (χ2n) is 5.85. The van der Waals surface area contributed by atoms with Crippen LogP contribution in [0, 0.1) is 6.92 Å². The molecule has 0 bridgehead atoms. The van der Waals surface area contributed by atoms with E-state index >= 15 is 0 Å². The van der Waals surface area contributed by atoms with E-state index in [2.05, 4.69) is 46.8 Å². The molecule has 1 aromatic rings. The van der Waals surface area contributed by atoms with Crippen LogP contribution >= 0.6 is 11.3 Å². The summed E-state index contributed by atoms with van der Waals surface area (Å²) < 4.78 is 5.56. The number of aryl methyl sites for hydroxylation is 2. The van der Waals surface area contributed by atoms with Crippen molar-refractivity contribution in [1.82, 2.24) is 15.6 Å². The third kappa shape index (κ3) is 10.6. The first-order valence-corrected chi connectivity index (χ1v) is 10.1. The third-order valence-corrected chi connectivity index (χ3v) is 4.51. The van der Waals surface area contributed by atoms with Gasteiger partial charge in [0.25, 0.3) is 0 Å². The Morgan fingerprint density at radius 2 is 2.00 bits per heavy atom. The fourth-order valence-electron chi connectivity index (χ4n) is 2.17. The van der Waals surface area contributed by atoms with Gasteiger partial charge in [-0.2, -0.15) is 0 Å². The van der Waals surface area contributed by atoms with E-state index in [4.69, 9.17) is 4.74 Å². The average Bonchev–Trinajstić information content (AvgIpc) is 2.99. The van der Waals surface area contributed by atoms with Crippen LogP contribution in [0.15, 0.2) is 10.4 Å². The first kappa shape index (κ1) is 20.9. The molecule has 24 heavy (non-hydrogen) atoms. The molecule has 0 spiro atoms. The van der Waals surface area contributed by atoms with E-state index < -0.39 is 0 Å². The number of rotatable bonds is 13. The summed E-state index contributed by atoms with van der Waals surface area (Å²) in [5.41, 5.74) is 1.13. The van der Waals surface area contributed by atoms with Crippen molar-refractivity contribution in [3.63, 3.8) is 0 Å². The summed E-state index contributed by atoms with van der Waals surface area (Å²) in [5, 5.41) is 10.1. The zero-order valence-electron chi connectivity index (χ0n) is 15.6. The average molecular weight is 355 g/mol. The molecule has 5 nitrogen and oxygen atoms in total. The normalized spacial score (nSPS) is 11.7. The molecular weight excluding hydrogens is 320 g/mol. The van der Waals surface area contributed by atoms with Crippen molar-refractivity contribution < 1.29 is 4.74 Å².